The molecule has 0 unspecified atom stereocenters. The van der Waals surface area contributed by atoms with E-state index in [1.165, 1.54) is 18.4 Å². The molecule has 0 aliphatic carbocycles. The van der Waals surface area contributed by atoms with Crippen molar-refractivity contribution in [2.75, 3.05) is 25.0 Å². The number of benzene rings is 1. The molecular formula is C20H26N6. The number of aromatic nitrogens is 4. The van der Waals surface area contributed by atoms with Crippen LogP contribution in [0.1, 0.15) is 41.7 Å². The lowest BCUT2D eigenvalue weighted by Crippen LogP contribution is -2.29. The smallest absolute Gasteiger partial charge is 0.132 e. The zero-order valence-corrected chi connectivity index (χ0v) is 15.7. The summed E-state index contributed by atoms with van der Waals surface area (Å²) in [5.74, 6) is 3.21. The lowest BCUT2D eigenvalue weighted by molar-refractivity contribution is 0.453. The third kappa shape index (κ3) is 3.55. The van der Waals surface area contributed by atoms with Crippen LogP contribution in [0, 0.1) is 13.8 Å². The van der Waals surface area contributed by atoms with Crippen LogP contribution in [0.5, 0.6) is 0 Å². The molecule has 0 bridgehead atoms. The highest BCUT2D eigenvalue weighted by atomic mass is 15.2. The standard InChI is InChI=1S/C20H26N6/c1-13-6-7-16-18(9-13)25-19(24-16)12-26(3)20-10-17(22-14(2)23-20)15-5-4-8-21-11-15/h6-7,9-10,15,21H,4-5,8,11-12H2,1-3H3,(H,24,25)/t15-/m0/s1. The van der Waals surface area contributed by atoms with Crippen molar-refractivity contribution in [1.29, 1.82) is 0 Å². The molecule has 136 valence electrons. The van der Waals surface area contributed by atoms with Gasteiger partial charge in [0.25, 0.3) is 0 Å². The molecule has 1 fully saturated rings. The van der Waals surface area contributed by atoms with Crippen LogP contribution in [0.15, 0.2) is 24.3 Å². The van der Waals surface area contributed by atoms with Gasteiger partial charge in [0.15, 0.2) is 0 Å². The molecule has 0 radical (unpaired) electrons. The van der Waals surface area contributed by atoms with E-state index >= 15 is 0 Å². The van der Waals surface area contributed by atoms with Gasteiger partial charge in [-0.1, -0.05) is 6.07 Å². The summed E-state index contributed by atoms with van der Waals surface area (Å²) in [6, 6.07) is 8.43. The Bertz CT molecular complexity index is 910. The van der Waals surface area contributed by atoms with E-state index in [4.69, 9.17) is 9.97 Å². The summed E-state index contributed by atoms with van der Waals surface area (Å²) in [4.78, 5) is 19.6. The zero-order valence-electron chi connectivity index (χ0n) is 15.7. The van der Waals surface area contributed by atoms with E-state index < -0.39 is 0 Å². The Labute approximate surface area is 154 Å². The summed E-state index contributed by atoms with van der Waals surface area (Å²) in [6.45, 7) is 6.87. The molecule has 6 nitrogen and oxygen atoms in total. The van der Waals surface area contributed by atoms with Crippen LogP contribution in [0.3, 0.4) is 0 Å². The maximum Gasteiger partial charge on any atom is 0.132 e. The topological polar surface area (TPSA) is 69.7 Å². The molecule has 3 aromatic rings. The molecule has 26 heavy (non-hydrogen) atoms. The van der Waals surface area contributed by atoms with Crippen molar-refractivity contribution in [3.63, 3.8) is 0 Å². The first-order valence-corrected chi connectivity index (χ1v) is 9.31. The lowest BCUT2D eigenvalue weighted by Gasteiger charge is -2.24. The monoisotopic (exact) mass is 350 g/mol. The first-order chi connectivity index (χ1) is 12.6. The van der Waals surface area contributed by atoms with Gasteiger partial charge in [0, 0.05) is 25.6 Å². The molecule has 0 amide bonds. The SMILES string of the molecule is Cc1ccc2nc(CN(C)c3cc([C@H]4CCCNC4)nc(C)n3)[nH]c2c1. The Balaban J connectivity index is 1.56. The van der Waals surface area contributed by atoms with Crippen molar-refractivity contribution in [2.45, 2.75) is 39.2 Å². The molecular weight excluding hydrogens is 324 g/mol. The molecule has 0 spiro atoms. The average molecular weight is 350 g/mol. The molecule has 1 saturated heterocycles. The zero-order chi connectivity index (χ0) is 18.1. The number of hydrogen-bond donors (Lipinski definition) is 2. The van der Waals surface area contributed by atoms with E-state index in [1.54, 1.807) is 0 Å². The highest BCUT2D eigenvalue weighted by Crippen LogP contribution is 2.25. The van der Waals surface area contributed by atoms with Gasteiger partial charge in [0.2, 0.25) is 0 Å². The van der Waals surface area contributed by atoms with Gasteiger partial charge in [-0.15, -0.1) is 0 Å². The first-order valence-electron chi connectivity index (χ1n) is 9.31. The van der Waals surface area contributed by atoms with E-state index in [-0.39, 0.29) is 0 Å². The summed E-state index contributed by atoms with van der Waals surface area (Å²) in [5.41, 5.74) is 4.47. The van der Waals surface area contributed by atoms with Crippen molar-refractivity contribution >= 4 is 16.9 Å². The second-order valence-electron chi connectivity index (χ2n) is 7.30. The highest BCUT2D eigenvalue weighted by Gasteiger charge is 2.19. The molecule has 2 aromatic heterocycles. The summed E-state index contributed by atoms with van der Waals surface area (Å²) in [6.07, 6.45) is 2.40. The van der Waals surface area contributed by atoms with E-state index in [0.29, 0.717) is 12.5 Å². The van der Waals surface area contributed by atoms with Gasteiger partial charge < -0.3 is 15.2 Å². The van der Waals surface area contributed by atoms with Gasteiger partial charge in [-0.25, -0.2) is 15.0 Å². The molecule has 1 aromatic carbocycles. The van der Waals surface area contributed by atoms with Gasteiger partial charge in [0.1, 0.15) is 17.5 Å². The average Bonchev–Trinajstić information content (AvgIpc) is 3.03. The third-order valence-corrected chi connectivity index (χ3v) is 5.02. The molecule has 6 heteroatoms. The third-order valence-electron chi connectivity index (χ3n) is 5.02. The van der Waals surface area contributed by atoms with Crippen LogP contribution in [-0.4, -0.2) is 40.1 Å². The number of aromatic amines is 1. The summed E-state index contributed by atoms with van der Waals surface area (Å²) in [5, 5.41) is 3.47. The molecule has 3 heterocycles. The fraction of sp³-hybridized carbons (Fsp3) is 0.450. The number of piperidine rings is 1. The molecule has 4 rings (SSSR count). The lowest BCUT2D eigenvalue weighted by atomic mass is 9.96. The molecule has 0 saturated carbocycles. The summed E-state index contributed by atoms with van der Waals surface area (Å²) < 4.78 is 0. The van der Waals surface area contributed by atoms with Crippen LogP contribution < -0.4 is 10.2 Å². The van der Waals surface area contributed by atoms with E-state index in [0.717, 1.165) is 47.3 Å². The Hall–Kier alpha value is -2.47. The molecule has 1 aliphatic rings. The second-order valence-corrected chi connectivity index (χ2v) is 7.30. The number of aryl methyl sites for hydroxylation is 2. The van der Waals surface area contributed by atoms with Crippen molar-refractivity contribution in [3.8, 4) is 0 Å². The number of anilines is 1. The van der Waals surface area contributed by atoms with Crippen LogP contribution in [0.25, 0.3) is 11.0 Å². The predicted molar refractivity (Wildman–Crippen MR) is 105 cm³/mol. The summed E-state index contributed by atoms with van der Waals surface area (Å²) in [7, 11) is 2.06. The highest BCUT2D eigenvalue weighted by molar-refractivity contribution is 5.75. The minimum atomic E-state index is 0.478. The quantitative estimate of drug-likeness (QED) is 0.757. The minimum absolute atomic E-state index is 0.478. The number of imidazole rings is 1. The number of nitrogens with zero attached hydrogens (tertiary/aromatic N) is 4. The fourth-order valence-corrected chi connectivity index (χ4v) is 3.64. The second kappa shape index (κ2) is 7.03. The number of nitrogens with one attached hydrogen (secondary N) is 2. The van der Waals surface area contributed by atoms with Gasteiger partial charge in [-0.05, 0) is 50.9 Å². The van der Waals surface area contributed by atoms with Crippen LogP contribution >= 0.6 is 0 Å². The first kappa shape index (κ1) is 17.0. The Kier molecular flexibility index (Phi) is 4.59. The minimum Gasteiger partial charge on any atom is -0.352 e. The number of rotatable bonds is 4. The van der Waals surface area contributed by atoms with Crippen LogP contribution in [-0.2, 0) is 6.54 Å². The van der Waals surface area contributed by atoms with Crippen molar-refractivity contribution in [2.24, 2.45) is 0 Å². The van der Waals surface area contributed by atoms with Crippen LogP contribution in [0.4, 0.5) is 5.82 Å². The predicted octanol–water partition coefficient (Wildman–Crippen LogP) is 3.07. The van der Waals surface area contributed by atoms with Crippen molar-refractivity contribution in [1.82, 2.24) is 25.3 Å². The van der Waals surface area contributed by atoms with Crippen molar-refractivity contribution < 1.29 is 0 Å². The largest absolute Gasteiger partial charge is 0.352 e. The van der Waals surface area contributed by atoms with Crippen LogP contribution in [0.2, 0.25) is 0 Å². The maximum absolute atomic E-state index is 4.70. The number of fused-ring (bicyclic) bond motifs is 1. The number of H-pyrrole nitrogens is 1. The van der Waals surface area contributed by atoms with Gasteiger partial charge >= 0.3 is 0 Å². The van der Waals surface area contributed by atoms with E-state index in [2.05, 4.69) is 58.4 Å². The van der Waals surface area contributed by atoms with Crippen molar-refractivity contribution in [3.05, 3.63) is 47.2 Å². The van der Waals surface area contributed by atoms with E-state index in [1.807, 2.05) is 6.92 Å². The Morgan fingerprint density at radius 2 is 2.04 bits per heavy atom. The maximum atomic E-state index is 4.70. The van der Waals surface area contributed by atoms with Gasteiger partial charge in [-0.3, -0.25) is 0 Å². The van der Waals surface area contributed by atoms with E-state index in [9.17, 15) is 0 Å². The van der Waals surface area contributed by atoms with Gasteiger partial charge in [0.05, 0.1) is 23.3 Å². The molecule has 1 atom stereocenters. The molecule has 2 N–H and O–H groups in total. The van der Waals surface area contributed by atoms with Gasteiger partial charge in [-0.2, -0.15) is 0 Å². The normalized spacial score (nSPS) is 17.6. The molecule has 1 aliphatic heterocycles. The number of hydrogen-bond acceptors (Lipinski definition) is 5. The summed E-state index contributed by atoms with van der Waals surface area (Å²) >= 11 is 0. The fourth-order valence-electron chi connectivity index (χ4n) is 3.64. The Morgan fingerprint density at radius 3 is 2.85 bits per heavy atom. The Morgan fingerprint density at radius 1 is 1.15 bits per heavy atom.